The molecule has 1 rings (SSSR count). The highest BCUT2D eigenvalue weighted by atomic mass is 16.5. The van der Waals surface area contributed by atoms with Gasteiger partial charge in [0.05, 0.1) is 6.10 Å². The third kappa shape index (κ3) is 7.91. The van der Waals surface area contributed by atoms with Crippen LogP contribution in [0, 0.1) is 0 Å². The Morgan fingerprint density at radius 2 is 1.63 bits per heavy atom. The highest BCUT2D eigenvalue weighted by molar-refractivity contribution is 4.69. The van der Waals surface area contributed by atoms with Crippen molar-refractivity contribution in [3.05, 3.63) is 0 Å². The van der Waals surface area contributed by atoms with Crippen LogP contribution in [0.25, 0.3) is 0 Å². The van der Waals surface area contributed by atoms with Crippen LogP contribution in [0.1, 0.15) is 51.9 Å². The molecular formula is C16H34N2O. The van der Waals surface area contributed by atoms with Crippen LogP contribution in [0.5, 0.6) is 0 Å². The Kier molecular flexibility index (Phi) is 9.48. The number of nitrogens with zero attached hydrogens (tertiary/aromatic N) is 2. The predicted molar refractivity (Wildman–Crippen MR) is 82.7 cm³/mol. The van der Waals surface area contributed by atoms with Gasteiger partial charge in [-0.05, 0) is 32.9 Å². The molecule has 19 heavy (non-hydrogen) atoms. The molecule has 0 aromatic carbocycles. The van der Waals surface area contributed by atoms with Crippen molar-refractivity contribution in [2.75, 3.05) is 46.9 Å². The van der Waals surface area contributed by atoms with Gasteiger partial charge in [0.2, 0.25) is 0 Å². The van der Waals surface area contributed by atoms with Crippen molar-refractivity contribution in [2.24, 2.45) is 0 Å². The number of hydrogen-bond donors (Lipinski definition) is 0. The van der Waals surface area contributed by atoms with Crippen LogP contribution in [0.3, 0.4) is 0 Å². The molecule has 1 aliphatic heterocycles. The van der Waals surface area contributed by atoms with Crippen molar-refractivity contribution < 1.29 is 4.74 Å². The van der Waals surface area contributed by atoms with Gasteiger partial charge >= 0.3 is 0 Å². The Hall–Kier alpha value is -0.120. The lowest BCUT2D eigenvalue weighted by molar-refractivity contribution is 0.0831. The molecule has 0 amide bonds. The molecule has 3 heteroatoms. The maximum atomic E-state index is 5.54. The Labute approximate surface area is 120 Å². The van der Waals surface area contributed by atoms with Crippen molar-refractivity contribution in [3.63, 3.8) is 0 Å². The Morgan fingerprint density at radius 1 is 0.947 bits per heavy atom. The topological polar surface area (TPSA) is 15.7 Å². The van der Waals surface area contributed by atoms with Gasteiger partial charge in [0, 0.05) is 33.3 Å². The number of hydrogen-bond acceptors (Lipinski definition) is 3. The van der Waals surface area contributed by atoms with Gasteiger partial charge in [-0.3, -0.25) is 0 Å². The molecule has 1 atom stereocenters. The summed E-state index contributed by atoms with van der Waals surface area (Å²) in [4.78, 5) is 5.04. The third-order valence-electron chi connectivity index (χ3n) is 4.31. The fourth-order valence-electron chi connectivity index (χ4n) is 2.77. The first-order chi connectivity index (χ1) is 9.26. The van der Waals surface area contributed by atoms with Gasteiger partial charge in [0.1, 0.15) is 0 Å². The van der Waals surface area contributed by atoms with Gasteiger partial charge in [-0.1, -0.05) is 32.6 Å². The van der Waals surface area contributed by atoms with Crippen LogP contribution >= 0.6 is 0 Å². The highest BCUT2D eigenvalue weighted by Gasteiger charge is 2.12. The number of piperazine rings is 1. The summed E-state index contributed by atoms with van der Waals surface area (Å²) in [5.74, 6) is 0. The Balaban J connectivity index is 1.95. The first kappa shape index (κ1) is 16.9. The molecule has 0 spiro atoms. The molecule has 0 saturated carbocycles. The number of methoxy groups -OCH3 is 1. The normalized spacial score (nSPS) is 19.7. The zero-order chi connectivity index (χ0) is 13.9. The van der Waals surface area contributed by atoms with E-state index in [0.29, 0.717) is 6.10 Å². The lowest BCUT2D eigenvalue weighted by atomic mass is 10.0. The lowest BCUT2D eigenvalue weighted by Gasteiger charge is -2.32. The minimum absolute atomic E-state index is 0.503. The van der Waals surface area contributed by atoms with E-state index in [4.69, 9.17) is 4.74 Å². The molecule has 1 heterocycles. The molecule has 1 saturated heterocycles. The van der Waals surface area contributed by atoms with Gasteiger partial charge in [-0.25, -0.2) is 0 Å². The summed E-state index contributed by atoms with van der Waals surface area (Å²) < 4.78 is 5.54. The van der Waals surface area contributed by atoms with Crippen molar-refractivity contribution >= 4 is 0 Å². The number of unbranched alkanes of at least 4 members (excludes halogenated alkanes) is 3. The fourth-order valence-corrected chi connectivity index (χ4v) is 2.77. The van der Waals surface area contributed by atoms with Gasteiger partial charge < -0.3 is 14.5 Å². The van der Waals surface area contributed by atoms with Gasteiger partial charge in [-0.2, -0.15) is 0 Å². The fraction of sp³-hybridized carbons (Fsp3) is 1.00. The van der Waals surface area contributed by atoms with Crippen LogP contribution in [0.4, 0.5) is 0 Å². The smallest absolute Gasteiger partial charge is 0.0571 e. The van der Waals surface area contributed by atoms with Crippen molar-refractivity contribution in [1.29, 1.82) is 0 Å². The average molecular weight is 270 g/mol. The van der Waals surface area contributed by atoms with E-state index in [0.717, 1.165) is 0 Å². The summed E-state index contributed by atoms with van der Waals surface area (Å²) in [6.07, 6.45) is 9.62. The van der Waals surface area contributed by atoms with E-state index >= 15 is 0 Å². The van der Waals surface area contributed by atoms with E-state index in [2.05, 4.69) is 23.8 Å². The van der Waals surface area contributed by atoms with Crippen molar-refractivity contribution in [2.45, 2.75) is 58.0 Å². The quantitative estimate of drug-likeness (QED) is 0.568. The second-order valence-corrected chi connectivity index (χ2v) is 5.99. The van der Waals surface area contributed by atoms with Gasteiger partial charge in [-0.15, -0.1) is 0 Å². The monoisotopic (exact) mass is 270 g/mol. The molecule has 0 N–H and O–H groups in total. The summed E-state index contributed by atoms with van der Waals surface area (Å²) in [7, 11) is 4.09. The zero-order valence-corrected chi connectivity index (χ0v) is 13.4. The largest absolute Gasteiger partial charge is 0.381 e. The molecule has 0 unspecified atom stereocenters. The standard InChI is InChI=1S/C16H34N2O/c1-4-5-9-16(19-3)10-7-6-8-11-18-14-12-17(2)13-15-18/h16H,4-15H2,1-3H3/t16-/m0/s1. The summed E-state index contributed by atoms with van der Waals surface area (Å²) in [6.45, 7) is 8.54. The highest BCUT2D eigenvalue weighted by Crippen LogP contribution is 2.13. The number of rotatable bonds is 10. The van der Waals surface area contributed by atoms with Crippen molar-refractivity contribution in [3.8, 4) is 0 Å². The van der Waals surface area contributed by atoms with Crippen molar-refractivity contribution in [1.82, 2.24) is 9.80 Å². The van der Waals surface area contributed by atoms with Crippen LogP contribution in [-0.4, -0.2) is 62.8 Å². The molecule has 114 valence electrons. The minimum atomic E-state index is 0.503. The molecule has 0 radical (unpaired) electrons. The summed E-state index contributed by atoms with van der Waals surface area (Å²) >= 11 is 0. The molecule has 0 aromatic rings. The summed E-state index contributed by atoms with van der Waals surface area (Å²) in [5, 5.41) is 0. The summed E-state index contributed by atoms with van der Waals surface area (Å²) in [6, 6.07) is 0. The zero-order valence-electron chi connectivity index (χ0n) is 13.4. The van der Waals surface area contributed by atoms with E-state index in [1.165, 1.54) is 77.7 Å². The molecule has 0 aliphatic carbocycles. The van der Waals surface area contributed by atoms with Crippen LogP contribution in [-0.2, 0) is 4.74 Å². The molecular weight excluding hydrogens is 236 g/mol. The first-order valence-corrected chi connectivity index (χ1v) is 8.20. The predicted octanol–water partition coefficient (Wildman–Crippen LogP) is 3.00. The molecule has 1 fully saturated rings. The van der Waals surface area contributed by atoms with E-state index in [1.807, 2.05) is 7.11 Å². The van der Waals surface area contributed by atoms with Gasteiger partial charge in [0.25, 0.3) is 0 Å². The molecule has 0 bridgehead atoms. The average Bonchev–Trinajstić information content (AvgIpc) is 2.44. The third-order valence-corrected chi connectivity index (χ3v) is 4.31. The minimum Gasteiger partial charge on any atom is -0.381 e. The van der Waals surface area contributed by atoms with E-state index in [9.17, 15) is 0 Å². The molecule has 3 nitrogen and oxygen atoms in total. The van der Waals surface area contributed by atoms with E-state index in [-0.39, 0.29) is 0 Å². The Bertz CT molecular complexity index is 196. The van der Waals surface area contributed by atoms with Crippen LogP contribution in [0.15, 0.2) is 0 Å². The number of likely N-dealkylation sites (N-methyl/N-ethyl adjacent to an activating group) is 1. The van der Waals surface area contributed by atoms with E-state index < -0.39 is 0 Å². The maximum absolute atomic E-state index is 5.54. The second-order valence-electron chi connectivity index (χ2n) is 5.99. The first-order valence-electron chi connectivity index (χ1n) is 8.20. The second kappa shape index (κ2) is 10.6. The summed E-state index contributed by atoms with van der Waals surface area (Å²) in [5.41, 5.74) is 0. The lowest BCUT2D eigenvalue weighted by Crippen LogP contribution is -2.44. The Morgan fingerprint density at radius 3 is 2.26 bits per heavy atom. The van der Waals surface area contributed by atoms with Crippen LogP contribution < -0.4 is 0 Å². The SMILES string of the molecule is CCCC[C@@H](CCCCCN1CCN(C)CC1)OC. The number of ether oxygens (including phenoxy) is 1. The molecule has 1 aliphatic rings. The maximum Gasteiger partial charge on any atom is 0.0571 e. The van der Waals surface area contributed by atoms with Gasteiger partial charge in [0.15, 0.2) is 0 Å². The van der Waals surface area contributed by atoms with Crippen LogP contribution in [0.2, 0.25) is 0 Å². The molecule has 0 aromatic heterocycles. The van der Waals surface area contributed by atoms with E-state index in [1.54, 1.807) is 0 Å².